The molecule has 1 aromatic rings. The number of thioether (sulfide) groups is 1. The van der Waals surface area contributed by atoms with Gasteiger partial charge in [-0.25, -0.2) is 4.79 Å². The van der Waals surface area contributed by atoms with Crippen LogP contribution in [0.1, 0.15) is 5.56 Å². The molecule has 0 bridgehead atoms. The third-order valence-corrected chi connectivity index (χ3v) is 2.85. The van der Waals surface area contributed by atoms with Gasteiger partial charge in [-0.05, 0) is 11.8 Å². The number of nitro groups is 1. The fourth-order valence-electron chi connectivity index (χ4n) is 1.29. The molecule has 0 heterocycles. The van der Waals surface area contributed by atoms with E-state index in [1.54, 1.807) is 36.6 Å². The Morgan fingerprint density at radius 2 is 1.94 bits per heavy atom. The lowest BCUT2D eigenvalue weighted by atomic mass is 10.2. The van der Waals surface area contributed by atoms with Crippen LogP contribution in [-0.4, -0.2) is 24.3 Å². The number of carbonyl (C=O) groups is 1. The third-order valence-electron chi connectivity index (χ3n) is 2.02. The summed E-state index contributed by atoms with van der Waals surface area (Å²) < 4.78 is 4.43. The van der Waals surface area contributed by atoms with Crippen LogP contribution in [0.3, 0.4) is 0 Å². The predicted molar refractivity (Wildman–Crippen MR) is 65.9 cm³/mol. The Hall–Kier alpha value is -1.82. The van der Waals surface area contributed by atoms with E-state index in [9.17, 15) is 14.9 Å². The summed E-state index contributed by atoms with van der Waals surface area (Å²) in [5, 5.41) is 10.9. The van der Waals surface area contributed by atoms with Crippen molar-refractivity contribution in [3.63, 3.8) is 0 Å². The largest absolute Gasteiger partial charge is 0.461 e. The van der Waals surface area contributed by atoms with Gasteiger partial charge in [-0.3, -0.25) is 10.1 Å². The Balaban J connectivity index is 3.37. The summed E-state index contributed by atoms with van der Waals surface area (Å²) in [5.41, 5.74) is 0.0864. The van der Waals surface area contributed by atoms with Gasteiger partial charge in [0.05, 0.1) is 12.0 Å². The number of benzene rings is 1. The molecule has 0 atom stereocenters. The minimum atomic E-state index is -0.941. The predicted octanol–water partition coefficient (Wildman–Crippen LogP) is 2.17. The van der Waals surface area contributed by atoms with Crippen molar-refractivity contribution >= 4 is 22.6 Å². The van der Waals surface area contributed by atoms with Crippen molar-refractivity contribution in [3.8, 4) is 0 Å². The summed E-state index contributed by atoms with van der Waals surface area (Å²) in [6.45, 7) is 0. The number of nitrogens with zero attached hydrogens (tertiary/aromatic N) is 1. The van der Waals surface area contributed by atoms with Crippen molar-refractivity contribution in [1.82, 2.24) is 0 Å². The third kappa shape index (κ3) is 3.07. The molecular formula is C11H11NO4S. The molecule has 0 radical (unpaired) electrons. The number of hydrogen-bond acceptors (Lipinski definition) is 5. The fourth-order valence-corrected chi connectivity index (χ4v) is 2.01. The number of ether oxygens (including phenoxy) is 1. The summed E-state index contributed by atoms with van der Waals surface area (Å²) in [7, 11) is 1.12. The van der Waals surface area contributed by atoms with E-state index in [4.69, 9.17) is 0 Å². The smallest absolute Gasteiger partial charge is 0.410 e. The summed E-state index contributed by atoms with van der Waals surface area (Å²) in [6.07, 6.45) is 1.68. The van der Waals surface area contributed by atoms with Crippen LogP contribution in [0, 0.1) is 10.1 Å². The highest BCUT2D eigenvalue weighted by Crippen LogP contribution is 2.29. The van der Waals surface area contributed by atoms with Gasteiger partial charge in [-0.1, -0.05) is 30.3 Å². The molecule has 0 spiro atoms. The van der Waals surface area contributed by atoms with Crippen molar-refractivity contribution in [2.45, 2.75) is 0 Å². The van der Waals surface area contributed by atoms with Crippen molar-refractivity contribution < 1.29 is 14.5 Å². The van der Waals surface area contributed by atoms with Gasteiger partial charge in [0, 0.05) is 0 Å². The standard InChI is InChI=1S/C11H11NO4S/c1-16-11(13)9(12(14)15)10(17-2)8-6-4-3-5-7-8/h3-7H,1-2H3/b10-9-. The van der Waals surface area contributed by atoms with E-state index < -0.39 is 16.6 Å². The lowest BCUT2D eigenvalue weighted by molar-refractivity contribution is -0.419. The normalized spacial score (nSPS) is 11.6. The lowest BCUT2D eigenvalue weighted by Crippen LogP contribution is -2.14. The summed E-state index contributed by atoms with van der Waals surface area (Å²) in [4.78, 5) is 21.9. The van der Waals surface area contributed by atoms with Crippen LogP contribution in [0.25, 0.3) is 4.91 Å². The van der Waals surface area contributed by atoms with Crippen molar-refractivity contribution in [1.29, 1.82) is 0 Å². The Kier molecular flexibility index (Phi) is 4.71. The molecule has 0 N–H and O–H groups in total. The van der Waals surface area contributed by atoms with E-state index in [1.165, 1.54) is 0 Å². The maximum absolute atomic E-state index is 11.4. The van der Waals surface area contributed by atoms with Crippen LogP contribution < -0.4 is 0 Å². The lowest BCUT2D eigenvalue weighted by Gasteiger charge is -2.05. The summed E-state index contributed by atoms with van der Waals surface area (Å²) >= 11 is 1.14. The van der Waals surface area contributed by atoms with Gasteiger partial charge in [0.1, 0.15) is 4.91 Å². The van der Waals surface area contributed by atoms with Crippen LogP contribution in [0.15, 0.2) is 36.0 Å². The van der Waals surface area contributed by atoms with Gasteiger partial charge in [-0.2, -0.15) is 0 Å². The second kappa shape index (κ2) is 6.05. The van der Waals surface area contributed by atoms with Crippen molar-refractivity contribution in [2.24, 2.45) is 0 Å². The molecule has 0 saturated heterocycles. The maximum atomic E-state index is 11.4. The molecule has 0 aliphatic rings. The topological polar surface area (TPSA) is 69.4 Å². The molecule has 0 fully saturated rings. The highest BCUT2D eigenvalue weighted by atomic mass is 32.2. The average Bonchev–Trinajstić information content (AvgIpc) is 2.35. The van der Waals surface area contributed by atoms with Gasteiger partial charge in [-0.15, -0.1) is 11.8 Å². The number of hydrogen-bond donors (Lipinski definition) is 0. The zero-order chi connectivity index (χ0) is 12.8. The molecule has 0 aromatic heterocycles. The van der Waals surface area contributed by atoms with Crippen LogP contribution in [-0.2, 0) is 9.53 Å². The first-order valence-corrected chi connectivity index (χ1v) is 5.90. The van der Waals surface area contributed by atoms with Crippen molar-refractivity contribution in [3.05, 3.63) is 51.7 Å². The fraction of sp³-hybridized carbons (Fsp3) is 0.182. The highest BCUT2D eigenvalue weighted by Gasteiger charge is 2.29. The van der Waals surface area contributed by atoms with Gasteiger partial charge < -0.3 is 4.74 Å². The summed E-state index contributed by atoms with van der Waals surface area (Å²) in [6, 6.07) is 8.71. The summed E-state index contributed by atoms with van der Waals surface area (Å²) in [5.74, 6) is -0.941. The Morgan fingerprint density at radius 3 is 2.35 bits per heavy atom. The molecule has 6 heteroatoms. The van der Waals surface area contributed by atoms with Gasteiger partial charge in [0.25, 0.3) is 0 Å². The van der Waals surface area contributed by atoms with E-state index in [2.05, 4.69) is 4.74 Å². The van der Waals surface area contributed by atoms with E-state index in [1.807, 2.05) is 0 Å². The van der Waals surface area contributed by atoms with E-state index in [-0.39, 0.29) is 0 Å². The van der Waals surface area contributed by atoms with Crippen LogP contribution in [0.4, 0.5) is 0 Å². The molecule has 1 rings (SSSR count). The molecule has 0 unspecified atom stereocenters. The number of esters is 1. The van der Waals surface area contributed by atoms with Gasteiger partial charge in [0.15, 0.2) is 0 Å². The van der Waals surface area contributed by atoms with Gasteiger partial charge in [0.2, 0.25) is 0 Å². The maximum Gasteiger partial charge on any atom is 0.410 e. The Morgan fingerprint density at radius 1 is 1.35 bits per heavy atom. The Bertz CT molecular complexity index is 456. The monoisotopic (exact) mass is 253 g/mol. The molecule has 0 aliphatic carbocycles. The first kappa shape index (κ1) is 13.2. The Labute approximate surface area is 103 Å². The van der Waals surface area contributed by atoms with E-state index >= 15 is 0 Å². The van der Waals surface area contributed by atoms with Crippen molar-refractivity contribution in [2.75, 3.05) is 13.4 Å². The SMILES string of the molecule is COC(=O)/C(=C(/SC)c1ccccc1)[N+](=O)[O-]. The first-order valence-electron chi connectivity index (χ1n) is 4.68. The minimum Gasteiger partial charge on any atom is -0.461 e. The van der Waals surface area contributed by atoms with E-state index in [0.717, 1.165) is 18.9 Å². The van der Waals surface area contributed by atoms with Crippen LogP contribution >= 0.6 is 11.8 Å². The molecule has 17 heavy (non-hydrogen) atoms. The molecule has 0 aliphatic heterocycles. The molecule has 0 saturated carbocycles. The molecular weight excluding hydrogens is 242 g/mol. The molecule has 0 amide bonds. The number of rotatable bonds is 4. The van der Waals surface area contributed by atoms with Gasteiger partial charge >= 0.3 is 11.7 Å². The zero-order valence-corrected chi connectivity index (χ0v) is 10.2. The first-order chi connectivity index (χ1) is 8.11. The molecule has 1 aromatic carbocycles. The second-order valence-electron chi connectivity index (χ2n) is 3.00. The molecule has 90 valence electrons. The van der Waals surface area contributed by atoms with E-state index in [0.29, 0.717) is 10.5 Å². The number of carbonyl (C=O) groups excluding carboxylic acids is 1. The zero-order valence-electron chi connectivity index (χ0n) is 9.38. The highest BCUT2D eigenvalue weighted by molar-refractivity contribution is 8.07. The minimum absolute atomic E-state index is 0.294. The average molecular weight is 253 g/mol. The van der Waals surface area contributed by atoms with Crippen LogP contribution in [0.2, 0.25) is 0 Å². The quantitative estimate of drug-likeness (QED) is 0.356. The second-order valence-corrected chi connectivity index (χ2v) is 3.81. The van der Waals surface area contributed by atoms with Crippen LogP contribution in [0.5, 0.6) is 0 Å². The molecule has 5 nitrogen and oxygen atoms in total. The number of methoxy groups -OCH3 is 1.